The van der Waals surface area contributed by atoms with Gasteiger partial charge in [0.05, 0.1) is 17.7 Å². The van der Waals surface area contributed by atoms with Crippen molar-refractivity contribution >= 4 is 23.0 Å². The van der Waals surface area contributed by atoms with Gasteiger partial charge in [0.2, 0.25) is 0 Å². The fourth-order valence-corrected chi connectivity index (χ4v) is 2.15. The highest BCUT2D eigenvalue weighted by atomic mass is 32.1. The summed E-state index contributed by atoms with van der Waals surface area (Å²) >= 11 is 1.34. The number of anilines is 1. The normalized spacial score (nSPS) is 10.9. The Bertz CT molecular complexity index is 516. The van der Waals surface area contributed by atoms with E-state index in [2.05, 4.69) is 17.3 Å². The van der Waals surface area contributed by atoms with E-state index in [1.54, 1.807) is 5.01 Å². The van der Waals surface area contributed by atoms with Gasteiger partial charge >= 0.3 is 5.97 Å². The molecule has 0 bridgehead atoms. The number of hydrazine groups is 1. The van der Waals surface area contributed by atoms with Crippen molar-refractivity contribution in [3.63, 3.8) is 0 Å². The van der Waals surface area contributed by atoms with Crippen LogP contribution in [0.4, 0.5) is 5.69 Å². The highest BCUT2D eigenvalue weighted by Gasteiger charge is 2.17. The Hall–Kier alpha value is -1.51. The first kappa shape index (κ1) is 15.5. The predicted octanol–water partition coefficient (Wildman–Crippen LogP) is 2.82. The van der Waals surface area contributed by atoms with Crippen LogP contribution in [-0.4, -0.2) is 32.2 Å². The SMILES string of the molecule is COC(=O)c1sc(C#CC(C)(C)C)cc1NN(C)C. The molecule has 1 aromatic heterocycles. The van der Waals surface area contributed by atoms with Gasteiger partial charge in [-0.05, 0) is 26.8 Å². The minimum atomic E-state index is -0.349. The summed E-state index contributed by atoms with van der Waals surface area (Å²) in [4.78, 5) is 13.1. The third-order valence-corrected chi connectivity index (χ3v) is 3.04. The zero-order chi connectivity index (χ0) is 14.6. The van der Waals surface area contributed by atoms with Crippen LogP contribution in [0.1, 0.15) is 35.3 Å². The zero-order valence-electron chi connectivity index (χ0n) is 12.2. The van der Waals surface area contributed by atoms with Crippen molar-refractivity contribution < 1.29 is 9.53 Å². The maximum atomic E-state index is 11.7. The van der Waals surface area contributed by atoms with Gasteiger partial charge < -0.3 is 10.2 Å². The lowest BCUT2D eigenvalue weighted by Crippen LogP contribution is -2.20. The highest BCUT2D eigenvalue weighted by Crippen LogP contribution is 2.28. The molecule has 0 spiro atoms. The fraction of sp³-hybridized carbons (Fsp3) is 0.500. The molecule has 5 heteroatoms. The summed E-state index contributed by atoms with van der Waals surface area (Å²) in [6, 6.07) is 1.87. The van der Waals surface area contributed by atoms with E-state index < -0.39 is 0 Å². The molecule has 0 aliphatic carbocycles. The molecule has 0 amide bonds. The molecule has 0 unspecified atom stereocenters. The standard InChI is InChI=1S/C14H20N2O2S/c1-14(2,3)8-7-10-9-11(15-16(4)5)12(19-10)13(17)18-6/h9,15H,1-6H3. The van der Waals surface area contributed by atoms with E-state index in [1.807, 2.05) is 40.9 Å². The number of hydrogen-bond donors (Lipinski definition) is 1. The molecule has 0 aromatic carbocycles. The van der Waals surface area contributed by atoms with Crippen molar-refractivity contribution in [1.29, 1.82) is 0 Å². The van der Waals surface area contributed by atoms with Gasteiger partial charge in [-0.1, -0.05) is 11.8 Å². The van der Waals surface area contributed by atoms with E-state index in [1.165, 1.54) is 18.4 Å². The molecule has 4 nitrogen and oxygen atoms in total. The zero-order valence-corrected chi connectivity index (χ0v) is 13.1. The Morgan fingerprint density at radius 3 is 2.53 bits per heavy atom. The van der Waals surface area contributed by atoms with Crippen LogP contribution >= 0.6 is 11.3 Å². The van der Waals surface area contributed by atoms with Gasteiger partial charge in [-0.15, -0.1) is 11.3 Å². The monoisotopic (exact) mass is 280 g/mol. The van der Waals surface area contributed by atoms with Gasteiger partial charge in [-0.25, -0.2) is 9.80 Å². The number of ether oxygens (including phenoxy) is 1. The molecule has 1 rings (SSSR count). The largest absolute Gasteiger partial charge is 0.465 e. The van der Waals surface area contributed by atoms with E-state index in [9.17, 15) is 4.79 Å². The smallest absolute Gasteiger partial charge is 0.350 e. The van der Waals surface area contributed by atoms with Crippen LogP contribution < -0.4 is 5.43 Å². The molecule has 19 heavy (non-hydrogen) atoms. The van der Waals surface area contributed by atoms with Crippen LogP contribution in [0.25, 0.3) is 0 Å². The lowest BCUT2D eigenvalue weighted by Gasteiger charge is -2.12. The Kier molecular flexibility index (Phi) is 4.98. The van der Waals surface area contributed by atoms with Crippen LogP contribution in [0, 0.1) is 17.3 Å². The third kappa shape index (κ3) is 4.93. The first-order valence-corrected chi connectivity index (χ1v) is 6.74. The van der Waals surface area contributed by atoms with Crippen LogP contribution in [0.2, 0.25) is 0 Å². The van der Waals surface area contributed by atoms with E-state index in [0.29, 0.717) is 4.88 Å². The number of nitrogens with zero attached hydrogens (tertiary/aromatic N) is 1. The second-order valence-electron chi connectivity index (χ2n) is 5.35. The molecule has 1 heterocycles. The minimum absolute atomic E-state index is 0.0649. The van der Waals surface area contributed by atoms with Gasteiger partial charge in [0, 0.05) is 19.5 Å². The number of carbonyl (C=O) groups is 1. The lowest BCUT2D eigenvalue weighted by atomic mass is 9.98. The van der Waals surface area contributed by atoms with Gasteiger partial charge in [-0.2, -0.15) is 0 Å². The molecule has 0 fully saturated rings. The third-order valence-electron chi connectivity index (χ3n) is 2.01. The number of carbonyl (C=O) groups excluding carboxylic acids is 1. The summed E-state index contributed by atoms with van der Waals surface area (Å²) in [5.41, 5.74) is 3.74. The topological polar surface area (TPSA) is 41.6 Å². The molecule has 0 atom stereocenters. The molecule has 0 saturated heterocycles. The first-order chi connectivity index (χ1) is 8.73. The maximum Gasteiger partial charge on any atom is 0.350 e. The van der Waals surface area contributed by atoms with Gasteiger partial charge in [0.15, 0.2) is 0 Å². The number of methoxy groups -OCH3 is 1. The van der Waals surface area contributed by atoms with Gasteiger partial charge in [0.1, 0.15) is 4.88 Å². The maximum absolute atomic E-state index is 11.7. The van der Waals surface area contributed by atoms with Crippen LogP contribution in [0.15, 0.2) is 6.07 Å². The predicted molar refractivity (Wildman–Crippen MR) is 79.3 cm³/mol. The molecule has 1 aromatic rings. The summed E-state index contributed by atoms with van der Waals surface area (Å²) < 4.78 is 4.78. The van der Waals surface area contributed by atoms with Gasteiger partial charge in [0.25, 0.3) is 0 Å². The van der Waals surface area contributed by atoms with Crippen molar-refractivity contribution in [1.82, 2.24) is 5.01 Å². The van der Waals surface area contributed by atoms with E-state index in [-0.39, 0.29) is 11.4 Å². The van der Waals surface area contributed by atoms with Crippen molar-refractivity contribution in [2.24, 2.45) is 5.41 Å². The Balaban J connectivity index is 3.12. The number of nitrogens with one attached hydrogen (secondary N) is 1. The van der Waals surface area contributed by atoms with Crippen molar-refractivity contribution in [3.8, 4) is 11.8 Å². The molecule has 0 aliphatic rings. The molecule has 104 valence electrons. The van der Waals surface area contributed by atoms with E-state index in [0.717, 1.165) is 10.6 Å². The molecule has 0 aliphatic heterocycles. The summed E-state index contributed by atoms with van der Waals surface area (Å²) in [5, 5.41) is 1.77. The Morgan fingerprint density at radius 1 is 1.42 bits per heavy atom. The Morgan fingerprint density at radius 2 is 2.05 bits per heavy atom. The van der Waals surface area contributed by atoms with Gasteiger partial charge in [-0.3, -0.25) is 0 Å². The molecular formula is C14H20N2O2S. The summed E-state index contributed by atoms with van der Waals surface area (Å²) in [7, 11) is 5.10. The Labute approximate surface area is 118 Å². The van der Waals surface area contributed by atoms with E-state index >= 15 is 0 Å². The lowest BCUT2D eigenvalue weighted by molar-refractivity contribution is 0.0607. The fourth-order valence-electron chi connectivity index (χ4n) is 1.27. The second-order valence-corrected chi connectivity index (χ2v) is 6.40. The van der Waals surface area contributed by atoms with Crippen LogP contribution in [0.5, 0.6) is 0 Å². The number of esters is 1. The second kappa shape index (κ2) is 6.09. The van der Waals surface area contributed by atoms with E-state index in [4.69, 9.17) is 4.74 Å². The van der Waals surface area contributed by atoms with Crippen LogP contribution in [0.3, 0.4) is 0 Å². The number of hydrogen-bond acceptors (Lipinski definition) is 5. The van der Waals surface area contributed by atoms with Crippen molar-refractivity contribution in [2.75, 3.05) is 26.6 Å². The molecule has 1 N–H and O–H groups in total. The summed E-state index contributed by atoms with van der Waals surface area (Å²) in [6.07, 6.45) is 0. The van der Waals surface area contributed by atoms with Crippen molar-refractivity contribution in [2.45, 2.75) is 20.8 Å². The molecule has 0 radical (unpaired) electrons. The first-order valence-electron chi connectivity index (χ1n) is 5.92. The minimum Gasteiger partial charge on any atom is -0.465 e. The average Bonchev–Trinajstić information content (AvgIpc) is 2.67. The highest BCUT2D eigenvalue weighted by molar-refractivity contribution is 7.15. The molecular weight excluding hydrogens is 260 g/mol. The quantitative estimate of drug-likeness (QED) is 0.525. The summed E-state index contributed by atoms with van der Waals surface area (Å²) in [5.74, 6) is 5.91. The van der Waals surface area contributed by atoms with Crippen LogP contribution in [-0.2, 0) is 4.74 Å². The molecule has 0 saturated carbocycles. The number of thiophene rings is 1. The average molecular weight is 280 g/mol. The van der Waals surface area contributed by atoms with Crippen molar-refractivity contribution in [3.05, 3.63) is 15.8 Å². The summed E-state index contributed by atoms with van der Waals surface area (Å²) in [6.45, 7) is 6.15. The number of rotatable bonds is 3.